The maximum Gasteiger partial charge on any atom is 0.262 e. The van der Waals surface area contributed by atoms with E-state index in [1.807, 2.05) is 30.3 Å². The van der Waals surface area contributed by atoms with Crippen molar-refractivity contribution < 1.29 is 28.7 Å². The van der Waals surface area contributed by atoms with Gasteiger partial charge >= 0.3 is 0 Å². The molecule has 2 N–H and O–H groups in total. The van der Waals surface area contributed by atoms with E-state index < -0.39 is 23.8 Å². The maximum absolute atomic E-state index is 13.4. The number of nitrogens with one attached hydrogen (secondary N) is 2. The van der Waals surface area contributed by atoms with E-state index in [4.69, 9.17) is 16.3 Å². The number of piperazine rings is 1. The summed E-state index contributed by atoms with van der Waals surface area (Å²) in [5.74, 6) is -1.45. The summed E-state index contributed by atoms with van der Waals surface area (Å²) < 4.78 is 6.37. The van der Waals surface area contributed by atoms with Gasteiger partial charge in [0.25, 0.3) is 17.7 Å². The van der Waals surface area contributed by atoms with E-state index in [-0.39, 0.29) is 47.6 Å². The largest absolute Gasteiger partial charge is 0.489 e. The van der Waals surface area contributed by atoms with Gasteiger partial charge in [-0.3, -0.25) is 39.1 Å². The summed E-state index contributed by atoms with van der Waals surface area (Å²) in [4.78, 5) is 69.3. The molecule has 3 fully saturated rings. The molecule has 7 rings (SSSR count). The molecule has 1 saturated carbocycles. The zero-order valence-electron chi connectivity index (χ0n) is 33.6. The van der Waals surface area contributed by atoms with Gasteiger partial charge in [-0.25, -0.2) is 0 Å². The zero-order chi connectivity index (χ0) is 41.4. The number of hydrogen-bond donors (Lipinski definition) is 2. The van der Waals surface area contributed by atoms with Crippen LogP contribution in [0.3, 0.4) is 0 Å². The number of carbonyl (C=O) groups excluding carboxylic acids is 5. The molecule has 0 spiro atoms. The number of halogens is 1. The summed E-state index contributed by atoms with van der Waals surface area (Å²) in [7, 11) is 0. The predicted molar refractivity (Wildman–Crippen MR) is 220 cm³/mol. The number of aryl methyl sites for hydroxylation is 1. The monoisotopic (exact) mass is 806 g/mol. The third-order valence-electron chi connectivity index (χ3n) is 12.5. The number of hydrogen-bond acceptors (Lipinski definition) is 9. The number of rotatable bonds is 13. The number of amides is 5. The quantitative estimate of drug-likeness (QED) is 0.153. The van der Waals surface area contributed by atoms with E-state index in [0.717, 1.165) is 81.0 Å². The Kier molecular flexibility index (Phi) is 11.7. The highest BCUT2D eigenvalue weighted by Gasteiger charge is 2.64. The Labute approximate surface area is 344 Å². The lowest BCUT2D eigenvalue weighted by Gasteiger charge is -2.63. The van der Waals surface area contributed by atoms with Crippen molar-refractivity contribution in [3.05, 3.63) is 93.5 Å². The number of nitriles is 1. The fraction of sp³-hybridized carbons (Fsp3) is 0.467. The number of nitrogens with zero attached hydrogens (tertiary/aromatic N) is 4. The number of anilines is 1. The van der Waals surface area contributed by atoms with Crippen molar-refractivity contribution in [2.24, 2.45) is 10.8 Å². The van der Waals surface area contributed by atoms with Gasteiger partial charge in [0.1, 0.15) is 24.0 Å². The van der Waals surface area contributed by atoms with Crippen molar-refractivity contribution in [1.82, 2.24) is 20.4 Å². The van der Waals surface area contributed by atoms with Crippen molar-refractivity contribution >= 4 is 46.8 Å². The smallest absolute Gasteiger partial charge is 0.262 e. The minimum atomic E-state index is -0.955. The molecule has 1 unspecified atom stereocenters. The van der Waals surface area contributed by atoms with Crippen molar-refractivity contribution in [2.45, 2.75) is 90.8 Å². The van der Waals surface area contributed by atoms with Crippen molar-refractivity contribution in [3.63, 3.8) is 0 Å². The summed E-state index contributed by atoms with van der Waals surface area (Å²) in [5.41, 5.74) is 3.07. The van der Waals surface area contributed by atoms with Gasteiger partial charge in [-0.1, -0.05) is 58.2 Å². The lowest BCUT2D eigenvalue weighted by molar-refractivity contribution is -0.164. The summed E-state index contributed by atoms with van der Waals surface area (Å²) in [6, 6.07) is 19.3. The molecule has 0 aromatic heterocycles. The number of carbonyl (C=O) groups is 5. The van der Waals surface area contributed by atoms with Crippen LogP contribution in [0.5, 0.6) is 5.75 Å². The molecule has 5 amide bonds. The normalized spacial score (nSPS) is 22.5. The molecular weight excluding hydrogens is 756 g/mol. The Balaban J connectivity index is 0.807. The van der Waals surface area contributed by atoms with Crippen LogP contribution in [-0.2, 0) is 16.0 Å². The Morgan fingerprint density at radius 1 is 0.879 bits per heavy atom. The van der Waals surface area contributed by atoms with E-state index in [9.17, 15) is 29.2 Å². The van der Waals surface area contributed by atoms with Crippen LogP contribution in [0, 0.1) is 22.2 Å². The van der Waals surface area contributed by atoms with Gasteiger partial charge in [-0.05, 0) is 86.3 Å². The molecule has 12 nitrogen and oxygen atoms in total. The minimum absolute atomic E-state index is 0.0995. The first-order chi connectivity index (χ1) is 27.7. The SMILES string of the molecule is CC1(C)C(NC(=O)c2ccc(N3CCN(CCCCCCc4ccc5c(c4)C(=O)N(C4CCC(=O)NC4=O)C5=O)CC3)cc2)C(C)(C)C1Oc1ccc(C#N)c(Cl)c1. The molecule has 304 valence electrons. The van der Waals surface area contributed by atoms with Crippen LogP contribution >= 0.6 is 11.6 Å². The molecule has 58 heavy (non-hydrogen) atoms. The van der Waals surface area contributed by atoms with Crippen molar-refractivity contribution in [3.8, 4) is 11.8 Å². The first-order valence-electron chi connectivity index (χ1n) is 20.3. The fourth-order valence-corrected chi connectivity index (χ4v) is 9.77. The molecule has 0 radical (unpaired) electrons. The summed E-state index contributed by atoms with van der Waals surface area (Å²) >= 11 is 6.24. The topological polar surface area (TPSA) is 152 Å². The summed E-state index contributed by atoms with van der Waals surface area (Å²) in [6.07, 6.45) is 5.11. The van der Waals surface area contributed by atoms with E-state index in [0.29, 0.717) is 33.0 Å². The highest BCUT2D eigenvalue weighted by atomic mass is 35.5. The van der Waals surface area contributed by atoms with Crippen LogP contribution < -0.4 is 20.3 Å². The van der Waals surface area contributed by atoms with Gasteiger partial charge in [-0.15, -0.1) is 0 Å². The number of piperidine rings is 1. The maximum atomic E-state index is 13.4. The highest BCUT2D eigenvalue weighted by Crippen LogP contribution is 2.55. The van der Waals surface area contributed by atoms with Crippen LogP contribution in [0.15, 0.2) is 60.7 Å². The van der Waals surface area contributed by atoms with Crippen molar-refractivity contribution in [2.75, 3.05) is 37.6 Å². The standard InChI is InChI=1S/C45H51ClN6O6/c1-44(2)42(45(3,4)43(44)58-32-16-13-30(27-47)35(46)26-32)49-38(54)29-11-14-31(15-12-29)51-23-21-50(22-24-51)20-8-6-5-7-9-28-10-17-33-34(25-28)41(57)52(40(33)56)36-18-19-37(53)48-39(36)55/h10-17,25-26,36,42-43H,5-9,18-24H2,1-4H3,(H,49,54)(H,48,53,55). The van der Waals surface area contributed by atoms with Gasteiger partial charge in [0, 0.05) is 66.8 Å². The lowest BCUT2D eigenvalue weighted by atomic mass is 9.49. The van der Waals surface area contributed by atoms with Crippen LogP contribution in [0.1, 0.15) is 108 Å². The Morgan fingerprint density at radius 2 is 1.57 bits per heavy atom. The summed E-state index contributed by atoms with van der Waals surface area (Å²) in [5, 5.41) is 15.1. The van der Waals surface area contributed by atoms with Crippen LogP contribution in [0.25, 0.3) is 0 Å². The molecule has 1 atom stereocenters. The second kappa shape index (κ2) is 16.5. The molecule has 3 aliphatic heterocycles. The average Bonchev–Trinajstić information content (AvgIpc) is 3.45. The number of ether oxygens (including phenoxy) is 1. The van der Waals surface area contributed by atoms with E-state index in [1.54, 1.807) is 30.3 Å². The van der Waals surface area contributed by atoms with Crippen LogP contribution in [0.2, 0.25) is 5.02 Å². The second-order valence-electron chi connectivity index (χ2n) is 17.2. The van der Waals surface area contributed by atoms with Gasteiger partial charge < -0.3 is 15.0 Å². The Morgan fingerprint density at radius 3 is 2.24 bits per heavy atom. The van der Waals surface area contributed by atoms with Gasteiger partial charge in [0.2, 0.25) is 11.8 Å². The van der Waals surface area contributed by atoms with Crippen LogP contribution in [-0.4, -0.2) is 90.2 Å². The molecule has 3 aromatic rings. The minimum Gasteiger partial charge on any atom is -0.489 e. The molecule has 3 aromatic carbocycles. The Hall–Kier alpha value is -5.25. The first-order valence-corrected chi connectivity index (χ1v) is 20.7. The number of fused-ring (bicyclic) bond motifs is 1. The summed E-state index contributed by atoms with van der Waals surface area (Å²) in [6.45, 7) is 13.2. The van der Waals surface area contributed by atoms with E-state index in [2.05, 4.69) is 54.2 Å². The zero-order valence-corrected chi connectivity index (χ0v) is 34.4. The second-order valence-corrected chi connectivity index (χ2v) is 17.6. The average molecular weight is 807 g/mol. The lowest BCUT2D eigenvalue weighted by Crippen LogP contribution is -2.74. The molecule has 1 aliphatic carbocycles. The van der Waals surface area contributed by atoms with Gasteiger partial charge in [-0.2, -0.15) is 5.26 Å². The van der Waals surface area contributed by atoms with E-state index in [1.165, 1.54) is 0 Å². The highest BCUT2D eigenvalue weighted by molar-refractivity contribution is 6.31. The number of benzene rings is 3. The molecule has 13 heteroatoms. The van der Waals surface area contributed by atoms with E-state index >= 15 is 0 Å². The molecule has 0 bridgehead atoms. The number of imide groups is 2. The predicted octanol–water partition coefficient (Wildman–Crippen LogP) is 6.15. The molecule has 4 aliphatic rings. The molecule has 2 saturated heterocycles. The molecule has 3 heterocycles. The fourth-order valence-electron chi connectivity index (χ4n) is 9.56. The third kappa shape index (κ3) is 8.07. The van der Waals surface area contributed by atoms with Gasteiger partial charge in [0.05, 0.1) is 21.7 Å². The van der Waals surface area contributed by atoms with Crippen molar-refractivity contribution in [1.29, 1.82) is 5.26 Å². The third-order valence-corrected chi connectivity index (χ3v) is 12.8. The van der Waals surface area contributed by atoms with Crippen LogP contribution in [0.4, 0.5) is 5.69 Å². The molecular formula is C45H51ClN6O6. The Bertz CT molecular complexity index is 2140. The van der Waals surface area contributed by atoms with Gasteiger partial charge in [0.15, 0.2) is 0 Å². The first kappa shape index (κ1) is 40.9. The number of unbranched alkanes of at least 4 members (excludes halogenated alkanes) is 3.